The summed E-state index contributed by atoms with van der Waals surface area (Å²) in [6, 6.07) is 10.8. The fourth-order valence-electron chi connectivity index (χ4n) is 2.24. The van der Waals surface area contributed by atoms with Gasteiger partial charge in [0.25, 0.3) is 11.5 Å². The number of hydrogen-bond acceptors (Lipinski definition) is 3. The largest absolute Gasteiger partial charge is 0.344 e. The van der Waals surface area contributed by atoms with Gasteiger partial charge in [-0.3, -0.25) is 9.59 Å². The van der Waals surface area contributed by atoms with Crippen LogP contribution in [0.2, 0.25) is 0 Å². The molecule has 2 rings (SSSR count). The van der Waals surface area contributed by atoms with Gasteiger partial charge in [0.05, 0.1) is 6.04 Å². The van der Waals surface area contributed by atoms with Gasteiger partial charge in [-0.25, -0.2) is 5.10 Å². The lowest BCUT2D eigenvalue weighted by Gasteiger charge is -2.15. The zero-order valence-electron chi connectivity index (χ0n) is 13.1. The molecule has 0 aliphatic rings. The second-order valence-electron chi connectivity index (χ2n) is 5.84. The van der Waals surface area contributed by atoms with Crippen LogP contribution in [0, 0.1) is 5.92 Å². The quantitative estimate of drug-likeness (QED) is 0.890. The van der Waals surface area contributed by atoms with Gasteiger partial charge in [0.1, 0.15) is 5.69 Å². The minimum Gasteiger partial charge on any atom is -0.344 e. The van der Waals surface area contributed by atoms with Crippen LogP contribution >= 0.6 is 0 Å². The number of carbonyl (C=O) groups excluding carboxylic acids is 1. The summed E-state index contributed by atoms with van der Waals surface area (Å²) >= 11 is 0. The Hall–Kier alpha value is -2.43. The number of hydrogen-bond donors (Lipinski definition) is 2. The third-order valence-electron chi connectivity index (χ3n) is 3.38. The monoisotopic (exact) mass is 299 g/mol. The highest BCUT2D eigenvalue weighted by Gasteiger charge is 2.12. The van der Waals surface area contributed by atoms with Crippen LogP contribution in [-0.2, 0) is 6.42 Å². The van der Waals surface area contributed by atoms with Crippen LogP contribution in [-0.4, -0.2) is 16.1 Å². The maximum Gasteiger partial charge on any atom is 0.272 e. The number of H-pyrrole nitrogens is 1. The van der Waals surface area contributed by atoms with Gasteiger partial charge < -0.3 is 5.32 Å². The average molecular weight is 299 g/mol. The van der Waals surface area contributed by atoms with E-state index in [1.165, 1.54) is 17.7 Å². The van der Waals surface area contributed by atoms with E-state index < -0.39 is 0 Å². The molecule has 0 radical (unpaired) electrons. The van der Waals surface area contributed by atoms with Gasteiger partial charge in [-0.1, -0.05) is 38.1 Å². The predicted octanol–water partition coefficient (Wildman–Crippen LogP) is 2.46. The maximum atomic E-state index is 12.1. The highest BCUT2D eigenvalue weighted by atomic mass is 16.2. The number of nitrogens with zero attached hydrogens (tertiary/aromatic N) is 1. The molecule has 2 N–H and O–H groups in total. The lowest BCUT2D eigenvalue weighted by molar-refractivity contribution is 0.0933. The number of aromatic amines is 1. The molecule has 0 aliphatic heterocycles. The Morgan fingerprint density at radius 1 is 1.14 bits per heavy atom. The first kappa shape index (κ1) is 15.9. The molecule has 0 bridgehead atoms. The first-order chi connectivity index (χ1) is 10.5. The fraction of sp³-hybridized carbons (Fsp3) is 0.353. The number of amides is 1. The summed E-state index contributed by atoms with van der Waals surface area (Å²) in [6.45, 7) is 6.29. The van der Waals surface area contributed by atoms with Crippen molar-refractivity contribution in [2.45, 2.75) is 33.2 Å². The van der Waals surface area contributed by atoms with Crippen molar-refractivity contribution in [1.29, 1.82) is 0 Å². The molecule has 5 heteroatoms. The first-order valence-corrected chi connectivity index (χ1v) is 7.41. The van der Waals surface area contributed by atoms with Crippen LogP contribution < -0.4 is 10.9 Å². The van der Waals surface area contributed by atoms with Crippen LogP contribution in [0.1, 0.15) is 48.4 Å². The molecule has 0 saturated heterocycles. The molecule has 0 fully saturated rings. The summed E-state index contributed by atoms with van der Waals surface area (Å²) in [5, 5.41) is 8.84. The Morgan fingerprint density at radius 3 is 2.36 bits per heavy atom. The second kappa shape index (κ2) is 7.02. The zero-order valence-corrected chi connectivity index (χ0v) is 13.1. The lowest BCUT2D eigenvalue weighted by Crippen LogP contribution is -2.28. The minimum absolute atomic E-state index is 0.130. The van der Waals surface area contributed by atoms with E-state index in [1.807, 2.05) is 19.1 Å². The van der Waals surface area contributed by atoms with Crippen molar-refractivity contribution < 1.29 is 4.79 Å². The SMILES string of the molecule is CC(C)Cc1ccc(C(C)NC(=O)c2ccc(=O)[nH]n2)cc1. The summed E-state index contributed by atoms with van der Waals surface area (Å²) in [5.41, 5.74) is 2.19. The molecule has 0 aliphatic carbocycles. The van der Waals surface area contributed by atoms with E-state index in [1.54, 1.807) is 0 Å². The molecule has 2 aromatic rings. The smallest absolute Gasteiger partial charge is 0.272 e. The molecule has 0 saturated carbocycles. The number of aromatic nitrogens is 2. The molecule has 1 unspecified atom stereocenters. The first-order valence-electron chi connectivity index (χ1n) is 7.41. The molecule has 1 aromatic carbocycles. The highest BCUT2D eigenvalue weighted by Crippen LogP contribution is 2.15. The normalized spacial score (nSPS) is 12.2. The summed E-state index contributed by atoms with van der Waals surface area (Å²) in [7, 11) is 0. The van der Waals surface area contributed by atoms with Gasteiger partial charge in [0.2, 0.25) is 0 Å². The van der Waals surface area contributed by atoms with Gasteiger partial charge in [-0.2, -0.15) is 5.10 Å². The van der Waals surface area contributed by atoms with Crippen molar-refractivity contribution in [3.63, 3.8) is 0 Å². The summed E-state index contributed by atoms with van der Waals surface area (Å²) in [4.78, 5) is 23.0. The van der Waals surface area contributed by atoms with Gasteiger partial charge in [0.15, 0.2) is 0 Å². The Labute approximate surface area is 129 Å². The third-order valence-corrected chi connectivity index (χ3v) is 3.38. The number of carbonyl (C=O) groups is 1. The van der Waals surface area contributed by atoms with Crippen LogP contribution in [0.5, 0.6) is 0 Å². The maximum absolute atomic E-state index is 12.1. The van der Waals surface area contributed by atoms with Crippen LogP contribution in [0.15, 0.2) is 41.2 Å². The van der Waals surface area contributed by atoms with Gasteiger partial charge in [-0.15, -0.1) is 0 Å². The van der Waals surface area contributed by atoms with E-state index in [2.05, 4.69) is 41.5 Å². The molecular formula is C17H21N3O2. The van der Waals surface area contributed by atoms with Crippen molar-refractivity contribution >= 4 is 5.91 Å². The van der Waals surface area contributed by atoms with Crippen molar-refractivity contribution in [1.82, 2.24) is 15.5 Å². The Morgan fingerprint density at radius 2 is 1.82 bits per heavy atom. The van der Waals surface area contributed by atoms with Crippen LogP contribution in [0.25, 0.3) is 0 Å². The molecule has 1 amide bonds. The standard InChI is InChI=1S/C17H21N3O2/c1-11(2)10-13-4-6-14(7-5-13)12(3)18-17(22)15-8-9-16(21)20-19-15/h4-9,11-12H,10H2,1-3H3,(H,18,22)(H,20,21). The summed E-state index contributed by atoms with van der Waals surface area (Å²) < 4.78 is 0. The zero-order chi connectivity index (χ0) is 16.1. The Balaban J connectivity index is 2.02. The average Bonchev–Trinajstić information content (AvgIpc) is 2.48. The minimum atomic E-state index is -0.328. The van der Waals surface area contributed by atoms with Crippen LogP contribution in [0.3, 0.4) is 0 Å². The van der Waals surface area contributed by atoms with Crippen molar-refractivity contribution in [2.24, 2.45) is 5.92 Å². The Kier molecular flexibility index (Phi) is 5.09. The van der Waals surface area contributed by atoms with E-state index in [-0.39, 0.29) is 23.2 Å². The van der Waals surface area contributed by atoms with E-state index in [4.69, 9.17) is 0 Å². The third kappa shape index (κ3) is 4.28. The fourth-order valence-corrected chi connectivity index (χ4v) is 2.24. The van der Waals surface area contributed by atoms with E-state index in [0.717, 1.165) is 12.0 Å². The number of benzene rings is 1. The molecule has 1 atom stereocenters. The van der Waals surface area contributed by atoms with Gasteiger partial charge in [0, 0.05) is 6.07 Å². The summed E-state index contributed by atoms with van der Waals surface area (Å²) in [6.07, 6.45) is 1.04. The van der Waals surface area contributed by atoms with E-state index in [9.17, 15) is 9.59 Å². The molecule has 22 heavy (non-hydrogen) atoms. The summed E-state index contributed by atoms with van der Waals surface area (Å²) in [5.74, 6) is 0.310. The molecule has 1 aromatic heterocycles. The lowest BCUT2D eigenvalue weighted by atomic mass is 10.00. The molecule has 116 valence electrons. The van der Waals surface area contributed by atoms with E-state index in [0.29, 0.717) is 5.92 Å². The van der Waals surface area contributed by atoms with Crippen molar-refractivity contribution in [3.8, 4) is 0 Å². The van der Waals surface area contributed by atoms with Crippen molar-refractivity contribution in [2.75, 3.05) is 0 Å². The van der Waals surface area contributed by atoms with Crippen molar-refractivity contribution in [3.05, 3.63) is 63.6 Å². The van der Waals surface area contributed by atoms with Crippen LogP contribution in [0.4, 0.5) is 0 Å². The molecular weight excluding hydrogens is 278 g/mol. The molecule has 5 nitrogen and oxygen atoms in total. The van der Waals surface area contributed by atoms with E-state index >= 15 is 0 Å². The number of nitrogens with one attached hydrogen (secondary N) is 2. The molecule has 0 spiro atoms. The second-order valence-corrected chi connectivity index (χ2v) is 5.84. The molecule has 1 heterocycles. The van der Waals surface area contributed by atoms with Gasteiger partial charge in [-0.05, 0) is 36.5 Å². The predicted molar refractivity (Wildman–Crippen MR) is 85.7 cm³/mol. The Bertz CT molecular complexity index is 669. The number of rotatable bonds is 5. The van der Waals surface area contributed by atoms with Gasteiger partial charge >= 0.3 is 0 Å². The topological polar surface area (TPSA) is 74.8 Å². The highest BCUT2D eigenvalue weighted by molar-refractivity contribution is 5.92.